The molecule has 1 aromatic carbocycles. The highest BCUT2D eigenvalue weighted by atomic mass is 127. The number of aliphatic imine (C=N–C) groups is 1. The van der Waals surface area contributed by atoms with Gasteiger partial charge >= 0.3 is 0 Å². The van der Waals surface area contributed by atoms with E-state index in [1.807, 2.05) is 19.1 Å². The second-order valence-electron chi connectivity index (χ2n) is 7.52. The predicted molar refractivity (Wildman–Crippen MR) is 135 cm³/mol. The second kappa shape index (κ2) is 14.1. The quantitative estimate of drug-likeness (QED) is 0.201. The van der Waals surface area contributed by atoms with E-state index in [9.17, 15) is 8.42 Å². The monoisotopic (exact) mass is 552 g/mol. The first kappa shape index (κ1) is 27.0. The van der Waals surface area contributed by atoms with E-state index in [0.29, 0.717) is 19.5 Å². The van der Waals surface area contributed by atoms with Crippen molar-refractivity contribution in [3.05, 3.63) is 29.8 Å². The average Bonchev–Trinajstić information content (AvgIpc) is 2.71. The lowest BCUT2D eigenvalue weighted by molar-refractivity contribution is 0.167. The van der Waals surface area contributed by atoms with Crippen molar-refractivity contribution in [1.82, 2.24) is 15.5 Å². The molecule has 1 aliphatic heterocycles. The molecule has 0 saturated carbocycles. The van der Waals surface area contributed by atoms with Gasteiger partial charge in [-0.1, -0.05) is 18.6 Å². The van der Waals surface area contributed by atoms with E-state index >= 15 is 0 Å². The predicted octanol–water partition coefficient (Wildman–Crippen LogP) is 2.83. The Morgan fingerprint density at radius 2 is 1.83 bits per heavy atom. The van der Waals surface area contributed by atoms with Crippen LogP contribution in [0.25, 0.3) is 0 Å². The molecule has 7 nitrogen and oxygen atoms in total. The third kappa shape index (κ3) is 9.82. The van der Waals surface area contributed by atoms with Crippen molar-refractivity contribution in [3.63, 3.8) is 0 Å². The van der Waals surface area contributed by atoms with Gasteiger partial charge in [-0.2, -0.15) is 0 Å². The molecule has 1 aromatic rings. The Bertz CT molecular complexity index is 735. The molecule has 0 radical (unpaired) electrons. The fraction of sp³-hybridized carbons (Fsp3) is 0.667. The molecule has 30 heavy (non-hydrogen) atoms. The molecule has 172 valence electrons. The molecule has 1 aliphatic rings. The van der Waals surface area contributed by atoms with Crippen LogP contribution in [0.15, 0.2) is 29.3 Å². The van der Waals surface area contributed by atoms with Gasteiger partial charge in [-0.05, 0) is 57.0 Å². The van der Waals surface area contributed by atoms with Gasteiger partial charge in [0.05, 0.1) is 25.4 Å². The lowest BCUT2D eigenvalue weighted by Gasteiger charge is -2.34. The molecule has 1 saturated heterocycles. The number of piperidine rings is 1. The van der Waals surface area contributed by atoms with E-state index in [-0.39, 0.29) is 35.8 Å². The molecular weight excluding hydrogens is 515 g/mol. The van der Waals surface area contributed by atoms with E-state index in [1.165, 1.54) is 31.1 Å². The molecular formula is C21H37IN4O3S. The summed E-state index contributed by atoms with van der Waals surface area (Å²) in [7, 11) is -1.25. The number of methoxy groups -OCH3 is 1. The minimum atomic E-state index is -2.93. The molecule has 2 rings (SSSR count). The van der Waals surface area contributed by atoms with E-state index in [2.05, 4.69) is 27.7 Å². The number of likely N-dealkylation sites (tertiary alicyclic amines) is 1. The Balaban J connectivity index is 0.00000450. The summed E-state index contributed by atoms with van der Waals surface area (Å²) in [4.78, 5) is 7.33. The van der Waals surface area contributed by atoms with Crippen LogP contribution >= 0.6 is 24.0 Å². The lowest BCUT2D eigenvalue weighted by Crippen LogP contribution is -2.40. The number of guanidine groups is 1. The van der Waals surface area contributed by atoms with Crippen LogP contribution in [0.2, 0.25) is 0 Å². The number of sulfone groups is 1. The standard InChI is InChI=1S/C21H36N4O3S.HI/c1-4-22-21(23-13-8-16-29(3,26)27)24-17-20(25-14-6-5-7-15-25)18-9-11-19(28-2)12-10-18;/h9-12,20H,4-8,13-17H2,1-3H3,(H2,22,23,24);1H. The van der Waals surface area contributed by atoms with E-state index in [4.69, 9.17) is 9.73 Å². The zero-order valence-electron chi connectivity index (χ0n) is 18.4. The highest BCUT2D eigenvalue weighted by Crippen LogP contribution is 2.26. The van der Waals surface area contributed by atoms with Crippen LogP contribution in [-0.4, -0.2) is 71.1 Å². The molecule has 0 aromatic heterocycles. The van der Waals surface area contributed by atoms with Crippen molar-refractivity contribution in [2.45, 2.75) is 38.6 Å². The van der Waals surface area contributed by atoms with E-state index in [0.717, 1.165) is 31.3 Å². The molecule has 1 fully saturated rings. The number of hydrogen-bond acceptors (Lipinski definition) is 5. The minimum absolute atomic E-state index is 0. The maximum Gasteiger partial charge on any atom is 0.191 e. The number of halogens is 1. The summed E-state index contributed by atoms with van der Waals surface area (Å²) in [6, 6.07) is 8.47. The van der Waals surface area contributed by atoms with E-state index < -0.39 is 9.84 Å². The SMILES string of the molecule is CCNC(=NCC(c1ccc(OC)cc1)N1CCCCC1)NCCCS(C)(=O)=O.I. The van der Waals surface area contributed by atoms with Gasteiger partial charge in [0.1, 0.15) is 15.6 Å². The zero-order valence-corrected chi connectivity index (χ0v) is 21.5. The molecule has 0 bridgehead atoms. The van der Waals surface area contributed by atoms with Gasteiger partial charge in [-0.15, -0.1) is 24.0 Å². The van der Waals surface area contributed by atoms with Crippen molar-refractivity contribution in [2.75, 3.05) is 51.8 Å². The van der Waals surface area contributed by atoms with Crippen molar-refractivity contribution in [1.29, 1.82) is 0 Å². The summed E-state index contributed by atoms with van der Waals surface area (Å²) in [5, 5.41) is 6.52. The largest absolute Gasteiger partial charge is 0.497 e. The van der Waals surface area contributed by atoms with Crippen LogP contribution in [-0.2, 0) is 9.84 Å². The van der Waals surface area contributed by atoms with Gasteiger partial charge in [-0.25, -0.2) is 8.42 Å². The summed E-state index contributed by atoms with van der Waals surface area (Å²) in [5.41, 5.74) is 1.24. The molecule has 1 unspecified atom stereocenters. The Kier molecular flexibility index (Phi) is 12.7. The number of benzene rings is 1. The van der Waals surface area contributed by atoms with Crippen molar-refractivity contribution >= 4 is 39.8 Å². The van der Waals surface area contributed by atoms with Crippen LogP contribution in [0.5, 0.6) is 5.75 Å². The Hall–Kier alpha value is -1.07. The topological polar surface area (TPSA) is 83.0 Å². The van der Waals surface area contributed by atoms with Crippen molar-refractivity contribution < 1.29 is 13.2 Å². The van der Waals surface area contributed by atoms with Gasteiger partial charge in [0.15, 0.2) is 5.96 Å². The van der Waals surface area contributed by atoms with Crippen LogP contribution < -0.4 is 15.4 Å². The van der Waals surface area contributed by atoms with Gasteiger partial charge in [-0.3, -0.25) is 9.89 Å². The summed E-state index contributed by atoms with van der Waals surface area (Å²) in [6.45, 7) is 6.19. The number of nitrogens with one attached hydrogen (secondary N) is 2. The smallest absolute Gasteiger partial charge is 0.191 e. The van der Waals surface area contributed by atoms with Crippen molar-refractivity contribution in [3.8, 4) is 5.75 Å². The van der Waals surface area contributed by atoms with Gasteiger partial charge < -0.3 is 15.4 Å². The molecule has 9 heteroatoms. The third-order valence-corrected chi connectivity index (χ3v) is 6.11. The Morgan fingerprint density at radius 3 is 2.40 bits per heavy atom. The fourth-order valence-electron chi connectivity index (χ4n) is 3.55. The van der Waals surface area contributed by atoms with Gasteiger partial charge in [0.25, 0.3) is 0 Å². The van der Waals surface area contributed by atoms with E-state index in [1.54, 1.807) is 7.11 Å². The van der Waals surface area contributed by atoms with Crippen LogP contribution in [0.3, 0.4) is 0 Å². The Morgan fingerprint density at radius 1 is 1.17 bits per heavy atom. The molecule has 0 spiro atoms. The summed E-state index contributed by atoms with van der Waals surface area (Å²) in [5.74, 6) is 1.77. The van der Waals surface area contributed by atoms with Crippen LogP contribution in [0, 0.1) is 0 Å². The maximum atomic E-state index is 11.3. The zero-order chi connectivity index (χ0) is 21.1. The second-order valence-corrected chi connectivity index (χ2v) is 9.78. The van der Waals surface area contributed by atoms with Crippen molar-refractivity contribution in [2.24, 2.45) is 4.99 Å². The normalized spacial score (nSPS) is 16.4. The number of ether oxygens (including phenoxy) is 1. The number of rotatable bonds is 10. The first-order valence-electron chi connectivity index (χ1n) is 10.5. The Labute approximate surface area is 199 Å². The number of nitrogens with zero attached hydrogens (tertiary/aromatic N) is 2. The average molecular weight is 553 g/mol. The molecule has 1 atom stereocenters. The molecule has 1 heterocycles. The summed E-state index contributed by atoms with van der Waals surface area (Å²) < 4.78 is 27.9. The fourth-order valence-corrected chi connectivity index (χ4v) is 4.22. The third-order valence-electron chi connectivity index (χ3n) is 5.08. The first-order chi connectivity index (χ1) is 13.9. The minimum Gasteiger partial charge on any atom is -0.497 e. The number of hydrogen-bond donors (Lipinski definition) is 2. The highest BCUT2D eigenvalue weighted by molar-refractivity contribution is 14.0. The lowest BCUT2D eigenvalue weighted by atomic mass is 10.0. The van der Waals surface area contributed by atoms with Gasteiger partial charge in [0.2, 0.25) is 0 Å². The first-order valence-corrected chi connectivity index (χ1v) is 12.6. The maximum absolute atomic E-state index is 11.3. The van der Waals surface area contributed by atoms with Crippen LogP contribution in [0.1, 0.15) is 44.2 Å². The van der Waals surface area contributed by atoms with Gasteiger partial charge in [0, 0.05) is 19.3 Å². The molecule has 0 amide bonds. The summed E-state index contributed by atoms with van der Waals surface area (Å²) in [6.07, 6.45) is 5.57. The summed E-state index contributed by atoms with van der Waals surface area (Å²) >= 11 is 0. The highest BCUT2D eigenvalue weighted by Gasteiger charge is 2.22. The van der Waals surface area contributed by atoms with Crippen LogP contribution in [0.4, 0.5) is 0 Å². The molecule has 2 N–H and O–H groups in total. The molecule has 0 aliphatic carbocycles.